The number of nitrogens with one attached hydrogen (secondary N) is 1. The molecule has 0 aliphatic heterocycles. The average Bonchev–Trinajstić information content (AvgIpc) is 2.45. The van der Waals surface area contributed by atoms with Crippen molar-refractivity contribution in [2.45, 2.75) is 13.8 Å². The van der Waals surface area contributed by atoms with Crippen LogP contribution in [0.25, 0.3) is 0 Å². The van der Waals surface area contributed by atoms with Gasteiger partial charge in [-0.3, -0.25) is 25.0 Å². The molecule has 1 heterocycles. The Bertz CT molecular complexity index is 799. The maximum absolute atomic E-state index is 12.2. The second kappa shape index (κ2) is 6.18. The van der Waals surface area contributed by atoms with Crippen molar-refractivity contribution >= 4 is 23.1 Å². The number of carbonyl (C=O) groups excluding carboxylic acids is 1. The second-order valence-electron chi connectivity index (χ2n) is 4.84. The maximum Gasteiger partial charge on any atom is 0.289 e. The van der Waals surface area contributed by atoms with Gasteiger partial charge in [0.2, 0.25) is 0 Å². The van der Waals surface area contributed by atoms with Crippen LogP contribution in [0.3, 0.4) is 0 Å². The summed E-state index contributed by atoms with van der Waals surface area (Å²) in [5.74, 6) is -0.510. The Labute approximate surface area is 130 Å². The highest BCUT2D eigenvalue weighted by atomic mass is 16.6. The molecule has 0 spiro atoms. The van der Waals surface area contributed by atoms with Crippen LogP contribution in [-0.4, -0.2) is 20.7 Å². The molecule has 2 aromatic rings. The minimum atomic E-state index is -0.836. The molecule has 1 aromatic heterocycles. The highest BCUT2D eigenvalue weighted by Crippen LogP contribution is 2.25. The van der Waals surface area contributed by atoms with E-state index >= 15 is 0 Å². The highest BCUT2D eigenvalue weighted by Gasteiger charge is 2.24. The SMILES string of the molecule is Cc1cc(C)nc(NC(=O)c2ccc([N+](=O)[O-])cc2[N+](=O)[O-])c1. The van der Waals surface area contributed by atoms with Gasteiger partial charge >= 0.3 is 0 Å². The number of anilines is 1. The van der Waals surface area contributed by atoms with Gasteiger partial charge in [-0.1, -0.05) is 0 Å². The molecule has 0 saturated carbocycles. The Morgan fingerprint density at radius 2 is 1.78 bits per heavy atom. The van der Waals surface area contributed by atoms with Crippen molar-refractivity contribution in [2.24, 2.45) is 0 Å². The van der Waals surface area contributed by atoms with Gasteiger partial charge in [0.1, 0.15) is 11.4 Å². The molecule has 0 aliphatic rings. The van der Waals surface area contributed by atoms with Gasteiger partial charge in [-0.2, -0.15) is 0 Å². The van der Waals surface area contributed by atoms with Gasteiger partial charge in [0.25, 0.3) is 17.3 Å². The number of nitrogens with zero attached hydrogens (tertiary/aromatic N) is 3. The van der Waals surface area contributed by atoms with E-state index in [0.29, 0.717) is 5.69 Å². The number of aromatic nitrogens is 1. The Morgan fingerprint density at radius 1 is 1.09 bits per heavy atom. The molecule has 2 rings (SSSR count). The van der Waals surface area contributed by atoms with Gasteiger partial charge in [-0.15, -0.1) is 0 Å². The van der Waals surface area contributed by atoms with Crippen LogP contribution in [0.4, 0.5) is 17.2 Å². The minimum Gasteiger partial charge on any atom is -0.306 e. The van der Waals surface area contributed by atoms with Crippen LogP contribution in [0.15, 0.2) is 30.3 Å². The number of amides is 1. The first kappa shape index (κ1) is 16.0. The van der Waals surface area contributed by atoms with E-state index in [-0.39, 0.29) is 11.4 Å². The largest absolute Gasteiger partial charge is 0.306 e. The first-order valence-corrected chi connectivity index (χ1v) is 6.47. The summed E-state index contributed by atoms with van der Waals surface area (Å²) in [6.07, 6.45) is 0. The van der Waals surface area contributed by atoms with Crippen molar-refractivity contribution in [1.29, 1.82) is 0 Å². The lowest BCUT2D eigenvalue weighted by Gasteiger charge is -2.07. The third-order valence-electron chi connectivity index (χ3n) is 2.97. The maximum atomic E-state index is 12.2. The van der Waals surface area contributed by atoms with Gasteiger partial charge in [-0.25, -0.2) is 4.98 Å². The predicted octanol–water partition coefficient (Wildman–Crippen LogP) is 2.77. The zero-order valence-electron chi connectivity index (χ0n) is 12.3. The van der Waals surface area contributed by atoms with E-state index in [0.717, 1.165) is 23.8 Å². The number of carbonyl (C=O) groups is 1. The fourth-order valence-corrected chi connectivity index (χ4v) is 2.07. The van der Waals surface area contributed by atoms with E-state index in [2.05, 4.69) is 10.3 Å². The van der Waals surface area contributed by atoms with Crippen molar-refractivity contribution in [3.05, 3.63) is 67.4 Å². The van der Waals surface area contributed by atoms with Crippen LogP contribution in [0, 0.1) is 34.1 Å². The van der Waals surface area contributed by atoms with Crippen molar-refractivity contribution in [3.63, 3.8) is 0 Å². The second-order valence-corrected chi connectivity index (χ2v) is 4.84. The Hall–Kier alpha value is -3.36. The number of nitro groups is 2. The predicted molar refractivity (Wildman–Crippen MR) is 81.4 cm³/mol. The number of aryl methyl sites for hydroxylation is 2. The van der Waals surface area contributed by atoms with Gasteiger partial charge < -0.3 is 5.32 Å². The Balaban J connectivity index is 2.38. The standard InChI is InChI=1S/C14H12N4O5/c1-8-5-9(2)15-13(6-8)16-14(19)11-4-3-10(17(20)21)7-12(11)18(22)23/h3-7H,1-2H3,(H,15,16,19). The molecule has 0 unspecified atom stereocenters. The number of pyridine rings is 1. The molecule has 0 radical (unpaired) electrons. The third kappa shape index (κ3) is 3.64. The number of nitro benzene ring substituents is 2. The lowest BCUT2D eigenvalue weighted by atomic mass is 10.1. The first-order chi connectivity index (χ1) is 10.8. The first-order valence-electron chi connectivity index (χ1n) is 6.47. The number of rotatable bonds is 4. The summed E-state index contributed by atoms with van der Waals surface area (Å²) in [4.78, 5) is 36.5. The zero-order chi connectivity index (χ0) is 17.1. The molecule has 1 aromatic carbocycles. The van der Waals surface area contributed by atoms with E-state index in [1.807, 2.05) is 13.0 Å². The smallest absolute Gasteiger partial charge is 0.289 e. The molecule has 1 amide bonds. The fourth-order valence-electron chi connectivity index (χ4n) is 2.07. The zero-order valence-corrected chi connectivity index (χ0v) is 12.3. The molecule has 9 heteroatoms. The van der Waals surface area contributed by atoms with E-state index in [1.165, 1.54) is 0 Å². The topological polar surface area (TPSA) is 128 Å². The van der Waals surface area contributed by atoms with Gasteiger partial charge in [0.15, 0.2) is 0 Å². The van der Waals surface area contributed by atoms with Crippen LogP contribution in [-0.2, 0) is 0 Å². The molecular weight excluding hydrogens is 304 g/mol. The van der Waals surface area contributed by atoms with Crippen molar-refractivity contribution in [1.82, 2.24) is 4.98 Å². The van der Waals surface area contributed by atoms with Crippen LogP contribution in [0.1, 0.15) is 21.6 Å². The van der Waals surface area contributed by atoms with Crippen molar-refractivity contribution < 1.29 is 14.6 Å². The average molecular weight is 316 g/mol. The summed E-state index contributed by atoms with van der Waals surface area (Å²) in [5.41, 5.74) is 0.171. The lowest BCUT2D eigenvalue weighted by Crippen LogP contribution is -2.15. The molecule has 118 valence electrons. The normalized spacial score (nSPS) is 10.2. The Morgan fingerprint density at radius 3 is 2.35 bits per heavy atom. The number of hydrogen-bond donors (Lipinski definition) is 1. The molecular formula is C14H12N4O5. The van der Waals surface area contributed by atoms with Crippen molar-refractivity contribution in [3.8, 4) is 0 Å². The number of non-ortho nitro benzene ring substituents is 1. The van der Waals surface area contributed by atoms with Crippen LogP contribution < -0.4 is 5.32 Å². The van der Waals surface area contributed by atoms with E-state index in [9.17, 15) is 25.0 Å². The molecule has 0 aliphatic carbocycles. The summed E-state index contributed by atoms with van der Waals surface area (Å²) in [7, 11) is 0. The van der Waals surface area contributed by atoms with Gasteiger partial charge in [0, 0.05) is 11.8 Å². The summed E-state index contributed by atoms with van der Waals surface area (Å²) < 4.78 is 0. The van der Waals surface area contributed by atoms with E-state index < -0.39 is 27.1 Å². The quantitative estimate of drug-likeness (QED) is 0.682. The molecule has 23 heavy (non-hydrogen) atoms. The van der Waals surface area contributed by atoms with E-state index in [4.69, 9.17) is 0 Å². The van der Waals surface area contributed by atoms with E-state index in [1.54, 1.807) is 13.0 Å². The summed E-state index contributed by atoms with van der Waals surface area (Å²) in [5, 5.41) is 24.2. The van der Waals surface area contributed by atoms with Gasteiger partial charge in [0.05, 0.1) is 15.9 Å². The fraction of sp³-hybridized carbons (Fsp3) is 0.143. The lowest BCUT2D eigenvalue weighted by molar-refractivity contribution is -0.394. The molecule has 0 fully saturated rings. The molecule has 0 saturated heterocycles. The molecule has 0 bridgehead atoms. The van der Waals surface area contributed by atoms with Crippen molar-refractivity contribution in [2.75, 3.05) is 5.32 Å². The monoisotopic (exact) mass is 316 g/mol. The highest BCUT2D eigenvalue weighted by molar-refractivity contribution is 6.06. The Kier molecular flexibility index (Phi) is 4.30. The summed E-state index contributed by atoms with van der Waals surface area (Å²) >= 11 is 0. The molecule has 9 nitrogen and oxygen atoms in total. The number of benzene rings is 1. The summed E-state index contributed by atoms with van der Waals surface area (Å²) in [6, 6.07) is 6.26. The molecule has 0 atom stereocenters. The van der Waals surface area contributed by atoms with Crippen LogP contribution in [0.2, 0.25) is 0 Å². The number of hydrogen-bond acceptors (Lipinski definition) is 6. The van der Waals surface area contributed by atoms with Gasteiger partial charge in [-0.05, 0) is 37.6 Å². The third-order valence-corrected chi connectivity index (χ3v) is 2.97. The molecule has 1 N–H and O–H groups in total. The summed E-state index contributed by atoms with van der Waals surface area (Å²) in [6.45, 7) is 3.57. The van der Waals surface area contributed by atoms with Crippen LogP contribution >= 0.6 is 0 Å². The minimum absolute atomic E-state index is 0.250. The van der Waals surface area contributed by atoms with Crippen LogP contribution in [0.5, 0.6) is 0 Å².